The van der Waals surface area contributed by atoms with Gasteiger partial charge in [-0.3, -0.25) is 0 Å². The van der Waals surface area contributed by atoms with Gasteiger partial charge in [-0.1, -0.05) is 85.0 Å². The van der Waals surface area contributed by atoms with Crippen LogP contribution in [0.3, 0.4) is 0 Å². The first-order valence-corrected chi connectivity index (χ1v) is 13.1. The van der Waals surface area contributed by atoms with Crippen molar-refractivity contribution < 1.29 is 0 Å². The number of allylic oxidation sites excluding steroid dienone is 3. The summed E-state index contributed by atoms with van der Waals surface area (Å²) in [5, 5.41) is 17.8. The third-order valence-corrected chi connectivity index (χ3v) is 7.93. The van der Waals surface area contributed by atoms with Gasteiger partial charge in [0, 0.05) is 25.9 Å². The van der Waals surface area contributed by atoms with Crippen LogP contribution in [0.15, 0.2) is 121 Å². The number of nitrogens with two attached hydrogens (primary N) is 1. The summed E-state index contributed by atoms with van der Waals surface area (Å²) in [6, 6.07) is 30.6. The molecule has 3 N–H and O–H groups in total. The van der Waals surface area contributed by atoms with Gasteiger partial charge in [-0.05, 0) is 63.5 Å². The third-order valence-electron chi connectivity index (χ3n) is 6.83. The van der Waals surface area contributed by atoms with E-state index in [1.165, 1.54) is 48.3 Å². The summed E-state index contributed by atoms with van der Waals surface area (Å²) >= 11 is 1.84. The Morgan fingerprint density at radius 2 is 1.73 bits per heavy atom. The lowest BCUT2D eigenvalue weighted by atomic mass is 9.94. The molecule has 0 saturated carbocycles. The number of dihydropyridines is 1. The van der Waals surface area contributed by atoms with Crippen molar-refractivity contribution in [3.63, 3.8) is 0 Å². The second-order valence-electron chi connectivity index (χ2n) is 9.03. The van der Waals surface area contributed by atoms with Gasteiger partial charge in [0.15, 0.2) is 0 Å². The normalized spacial score (nSPS) is 15.8. The third kappa shape index (κ3) is 4.20. The molecule has 178 valence electrons. The zero-order valence-electron chi connectivity index (χ0n) is 20.2. The first-order valence-electron chi connectivity index (χ1n) is 12.3. The van der Waals surface area contributed by atoms with Crippen molar-refractivity contribution in [2.45, 2.75) is 12.5 Å². The topological polar surface area (TPSA) is 61.8 Å². The quantitative estimate of drug-likeness (QED) is 0.242. The molecule has 4 heteroatoms. The minimum Gasteiger partial charge on any atom is -0.405 e. The van der Waals surface area contributed by atoms with E-state index >= 15 is 0 Å². The predicted octanol–water partition coefficient (Wildman–Crippen LogP) is 8.06. The number of fused-ring (bicyclic) bond motifs is 5. The second-order valence-corrected chi connectivity index (χ2v) is 10.1. The van der Waals surface area contributed by atoms with E-state index in [-0.39, 0.29) is 6.04 Å². The maximum Gasteiger partial charge on any atom is 0.0699 e. The summed E-state index contributed by atoms with van der Waals surface area (Å²) in [6.07, 6.45) is 11.9. The molecule has 6 rings (SSSR count). The first-order chi connectivity index (χ1) is 18.3. The van der Waals surface area contributed by atoms with Gasteiger partial charge in [-0.15, -0.1) is 11.3 Å². The lowest BCUT2D eigenvalue weighted by Gasteiger charge is -2.23. The standard InChI is InChI=1S/C33H25N3S/c34-18-7-10-23(17-19-35)29-13-6-14-30(36-29)24-15-16-27-31(20-24)37-32-21-28(22-8-2-1-3-9-22)25-11-4-5-12-26(25)33(27)32/h1-6,8-17,19-21,29,36H,7,35H2/b19-17-,23-10+. The van der Waals surface area contributed by atoms with Crippen LogP contribution in [0.1, 0.15) is 12.0 Å². The summed E-state index contributed by atoms with van der Waals surface area (Å²) in [5.74, 6) is 0. The van der Waals surface area contributed by atoms with Gasteiger partial charge in [0.05, 0.1) is 18.5 Å². The van der Waals surface area contributed by atoms with Crippen LogP contribution in [0.4, 0.5) is 0 Å². The largest absolute Gasteiger partial charge is 0.405 e. The molecule has 1 unspecified atom stereocenters. The molecule has 5 aromatic rings. The maximum absolute atomic E-state index is 9.02. The van der Waals surface area contributed by atoms with Crippen molar-refractivity contribution in [2.75, 3.05) is 0 Å². The van der Waals surface area contributed by atoms with Crippen LogP contribution in [0.25, 0.3) is 47.8 Å². The number of hydrogen-bond donors (Lipinski definition) is 2. The van der Waals surface area contributed by atoms with Crippen LogP contribution in [0, 0.1) is 11.3 Å². The van der Waals surface area contributed by atoms with Gasteiger partial charge in [0.25, 0.3) is 0 Å². The van der Waals surface area contributed by atoms with Gasteiger partial charge >= 0.3 is 0 Å². The molecular weight excluding hydrogens is 470 g/mol. The minimum atomic E-state index is -0.0383. The molecule has 3 nitrogen and oxygen atoms in total. The summed E-state index contributed by atoms with van der Waals surface area (Å²) in [5.41, 5.74) is 11.3. The van der Waals surface area contributed by atoms with Crippen LogP contribution in [0.2, 0.25) is 0 Å². The lowest BCUT2D eigenvalue weighted by molar-refractivity contribution is 0.815. The average Bonchev–Trinajstić information content (AvgIpc) is 3.33. The SMILES string of the molecule is N#CC/C=C(\C=C/N)C1C=CC=C(c2ccc3c(c2)sc2cc(-c4ccccc4)c4ccccc4c23)N1. The van der Waals surface area contributed by atoms with Crippen molar-refractivity contribution in [1.29, 1.82) is 5.26 Å². The van der Waals surface area contributed by atoms with E-state index in [2.05, 4.69) is 108 Å². The Morgan fingerprint density at radius 1 is 0.919 bits per heavy atom. The summed E-state index contributed by atoms with van der Waals surface area (Å²) < 4.78 is 2.56. The Kier molecular flexibility index (Phi) is 6.06. The molecule has 1 atom stereocenters. The van der Waals surface area contributed by atoms with E-state index in [0.29, 0.717) is 6.42 Å². The fourth-order valence-electron chi connectivity index (χ4n) is 5.14. The van der Waals surface area contributed by atoms with Gasteiger partial charge in [-0.2, -0.15) is 5.26 Å². The zero-order valence-corrected chi connectivity index (χ0v) is 21.0. The Balaban J connectivity index is 1.45. The van der Waals surface area contributed by atoms with E-state index in [0.717, 1.165) is 16.8 Å². The van der Waals surface area contributed by atoms with Crippen molar-refractivity contribution >= 4 is 48.0 Å². The van der Waals surface area contributed by atoms with Crippen LogP contribution in [0.5, 0.6) is 0 Å². The van der Waals surface area contributed by atoms with Crippen molar-refractivity contribution in [2.24, 2.45) is 5.73 Å². The van der Waals surface area contributed by atoms with E-state index in [9.17, 15) is 0 Å². The molecule has 0 saturated heterocycles. The molecular formula is C33H25N3S. The van der Waals surface area contributed by atoms with Gasteiger partial charge in [0.1, 0.15) is 0 Å². The molecule has 0 aliphatic carbocycles. The second kappa shape index (κ2) is 9.81. The molecule has 37 heavy (non-hydrogen) atoms. The highest BCUT2D eigenvalue weighted by molar-refractivity contribution is 7.26. The lowest BCUT2D eigenvalue weighted by Crippen LogP contribution is -2.29. The number of hydrogen-bond acceptors (Lipinski definition) is 4. The minimum absolute atomic E-state index is 0.0383. The predicted molar refractivity (Wildman–Crippen MR) is 158 cm³/mol. The van der Waals surface area contributed by atoms with E-state index < -0.39 is 0 Å². The van der Waals surface area contributed by atoms with Crippen molar-refractivity contribution in [1.82, 2.24) is 5.32 Å². The number of benzene rings is 4. The Bertz CT molecular complexity index is 1800. The van der Waals surface area contributed by atoms with Crippen molar-refractivity contribution in [3.05, 3.63) is 127 Å². The van der Waals surface area contributed by atoms with Crippen LogP contribution < -0.4 is 11.1 Å². The summed E-state index contributed by atoms with van der Waals surface area (Å²) in [4.78, 5) is 0. The molecule has 4 aromatic carbocycles. The van der Waals surface area contributed by atoms with Gasteiger partial charge < -0.3 is 11.1 Å². The Hall–Kier alpha value is -4.59. The molecule has 0 fully saturated rings. The van der Waals surface area contributed by atoms with Crippen LogP contribution in [-0.4, -0.2) is 6.04 Å². The smallest absolute Gasteiger partial charge is 0.0699 e. The zero-order chi connectivity index (χ0) is 25.2. The van der Waals surface area contributed by atoms with E-state index in [1.807, 2.05) is 23.5 Å². The highest BCUT2D eigenvalue weighted by Crippen LogP contribution is 2.43. The molecule has 2 heterocycles. The molecule has 0 radical (unpaired) electrons. The molecule has 0 spiro atoms. The highest BCUT2D eigenvalue weighted by Gasteiger charge is 2.17. The molecule has 0 bridgehead atoms. The summed E-state index contributed by atoms with van der Waals surface area (Å²) in [6.45, 7) is 0. The molecule has 0 amide bonds. The summed E-state index contributed by atoms with van der Waals surface area (Å²) in [7, 11) is 0. The molecule has 1 aromatic heterocycles. The number of nitrogens with one attached hydrogen (secondary N) is 1. The fourth-order valence-corrected chi connectivity index (χ4v) is 6.34. The molecule has 1 aliphatic heterocycles. The Labute approximate surface area is 220 Å². The first kappa shape index (κ1) is 22.8. The van der Waals surface area contributed by atoms with E-state index in [1.54, 1.807) is 0 Å². The maximum atomic E-state index is 9.02. The van der Waals surface area contributed by atoms with Crippen molar-refractivity contribution in [3.8, 4) is 17.2 Å². The highest BCUT2D eigenvalue weighted by atomic mass is 32.1. The average molecular weight is 496 g/mol. The Morgan fingerprint density at radius 3 is 2.54 bits per heavy atom. The van der Waals surface area contributed by atoms with Crippen LogP contribution >= 0.6 is 11.3 Å². The fraction of sp³-hybridized carbons (Fsp3) is 0.0606. The van der Waals surface area contributed by atoms with Gasteiger partial charge in [-0.25, -0.2) is 0 Å². The van der Waals surface area contributed by atoms with Gasteiger partial charge in [0.2, 0.25) is 0 Å². The number of thiophene rings is 1. The van der Waals surface area contributed by atoms with Crippen LogP contribution in [-0.2, 0) is 0 Å². The number of nitriles is 1. The number of nitrogens with zero attached hydrogens (tertiary/aromatic N) is 1. The monoisotopic (exact) mass is 495 g/mol. The van der Waals surface area contributed by atoms with E-state index in [4.69, 9.17) is 11.0 Å². The number of rotatable bonds is 5. The molecule has 1 aliphatic rings.